The second-order valence-electron chi connectivity index (χ2n) is 3.95. The Balaban J connectivity index is 2.21. The molecule has 6 heteroatoms. The van der Waals surface area contributed by atoms with Crippen molar-refractivity contribution in [3.63, 3.8) is 0 Å². The van der Waals surface area contributed by atoms with Gasteiger partial charge in [0.15, 0.2) is 0 Å². The Morgan fingerprint density at radius 3 is 2.50 bits per heavy atom. The molecular formula is C12H11FN2O3. The Morgan fingerprint density at radius 1 is 1.39 bits per heavy atom. The average molecular weight is 250 g/mol. The molecule has 0 aliphatic carbocycles. The molecule has 2 rings (SSSR count). The SMILES string of the molecule is NC1=C(C(=O)O)CC(=O)N1Cc1ccc(F)cc1. The molecule has 3 N–H and O–H groups in total. The van der Waals surface area contributed by atoms with Gasteiger partial charge in [0.1, 0.15) is 11.6 Å². The van der Waals surface area contributed by atoms with Gasteiger partial charge < -0.3 is 10.8 Å². The van der Waals surface area contributed by atoms with Crippen LogP contribution in [0.25, 0.3) is 0 Å². The van der Waals surface area contributed by atoms with Gasteiger partial charge in [-0.1, -0.05) is 12.1 Å². The van der Waals surface area contributed by atoms with E-state index in [1.165, 1.54) is 29.2 Å². The van der Waals surface area contributed by atoms with E-state index < -0.39 is 5.97 Å². The highest BCUT2D eigenvalue weighted by molar-refractivity contribution is 5.98. The summed E-state index contributed by atoms with van der Waals surface area (Å²) in [5, 5.41) is 8.86. The van der Waals surface area contributed by atoms with E-state index in [2.05, 4.69) is 0 Å². The normalized spacial score (nSPS) is 15.4. The molecule has 1 aromatic rings. The van der Waals surface area contributed by atoms with Gasteiger partial charge in [-0.15, -0.1) is 0 Å². The Hall–Kier alpha value is -2.37. The Kier molecular flexibility index (Phi) is 3.01. The van der Waals surface area contributed by atoms with E-state index in [-0.39, 0.29) is 36.1 Å². The van der Waals surface area contributed by atoms with Crippen molar-refractivity contribution in [2.24, 2.45) is 5.73 Å². The third-order valence-electron chi connectivity index (χ3n) is 2.74. The minimum atomic E-state index is -1.19. The molecule has 5 nitrogen and oxygen atoms in total. The van der Waals surface area contributed by atoms with Crippen LogP contribution in [0, 0.1) is 5.82 Å². The first-order valence-electron chi connectivity index (χ1n) is 5.25. The summed E-state index contributed by atoms with van der Waals surface area (Å²) < 4.78 is 12.7. The van der Waals surface area contributed by atoms with Crippen LogP contribution in [-0.2, 0) is 16.1 Å². The van der Waals surface area contributed by atoms with Crippen molar-refractivity contribution < 1.29 is 19.1 Å². The van der Waals surface area contributed by atoms with Gasteiger partial charge in [0.05, 0.1) is 18.5 Å². The van der Waals surface area contributed by atoms with Crippen LogP contribution in [-0.4, -0.2) is 21.9 Å². The van der Waals surface area contributed by atoms with Gasteiger partial charge in [0.25, 0.3) is 0 Å². The first kappa shape index (κ1) is 12.1. The molecule has 1 aliphatic rings. The number of carbonyl (C=O) groups is 2. The smallest absolute Gasteiger partial charge is 0.335 e. The summed E-state index contributed by atoms with van der Waals surface area (Å²) in [6.45, 7) is 0.141. The van der Waals surface area contributed by atoms with Crippen LogP contribution in [0.4, 0.5) is 4.39 Å². The Bertz CT molecular complexity index is 537. The predicted molar refractivity (Wildman–Crippen MR) is 60.4 cm³/mol. The van der Waals surface area contributed by atoms with E-state index in [4.69, 9.17) is 10.8 Å². The van der Waals surface area contributed by atoms with Crippen molar-refractivity contribution >= 4 is 11.9 Å². The van der Waals surface area contributed by atoms with E-state index in [1.807, 2.05) is 0 Å². The summed E-state index contributed by atoms with van der Waals surface area (Å²) >= 11 is 0. The number of nitrogens with two attached hydrogens (primary N) is 1. The van der Waals surface area contributed by atoms with Crippen LogP contribution in [0.2, 0.25) is 0 Å². The molecule has 94 valence electrons. The van der Waals surface area contributed by atoms with Gasteiger partial charge in [-0.25, -0.2) is 9.18 Å². The molecule has 1 aliphatic heterocycles. The fourth-order valence-corrected chi connectivity index (χ4v) is 1.77. The molecule has 1 heterocycles. The van der Waals surface area contributed by atoms with Crippen molar-refractivity contribution in [1.82, 2.24) is 4.90 Å². The van der Waals surface area contributed by atoms with Gasteiger partial charge >= 0.3 is 5.97 Å². The zero-order valence-electron chi connectivity index (χ0n) is 9.39. The molecule has 1 amide bonds. The van der Waals surface area contributed by atoms with Crippen LogP contribution in [0.1, 0.15) is 12.0 Å². The summed E-state index contributed by atoms with van der Waals surface area (Å²) in [5.41, 5.74) is 6.21. The van der Waals surface area contributed by atoms with Crippen LogP contribution < -0.4 is 5.73 Å². The summed E-state index contributed by atoms with van der Waals surface area (Å²) in [5.74, 6) is -1.98. The minimum Gasteiger partial charge on any atom is -0.478 e. The van der Waals surface area contributed by atoms with Crippen molar-refractivity contribution in [1.29, 1.82) is 0 Å². The molecule has 0 saturated carbocycles. The molecule has 18 heavy (non-hydrogen) atoms. The summed E-state index contributed by atoms with van der Waals surface area (Å²) in [4.78, 5) is 23.7. The zero-order chi connectivity index (χ0) is 13.3. The van der Waals surface area contributed by atoms with Crippen LogP contribution in [0.5, 0.6) is 0 Å². The Morgan fingerprint density at radius 2 is 2.00 bits per heavy atom. The standard InChI is InChI=1S/C12H11FN2O3/c13-8-3-1-7(2-4-8)6-15-10(16)5-9(11(15)14)12(17)18/h1-4H,5-6,14H2,(H,17,18). The number of amides is 1. The minimum absolute atomic E-state index is 0.0446. The summed E-state index contributed by atoms with van der Waals surface area (Å²) in [6.07, 6.45) is -0.206. The van der Waals surface area contributed by atoms with Crippen molar-refractivity contribution in [3.05, 3.63) is 47.0 Å². The topological polar surface area (TPSA) is 83.6 Å². The quantitative estimate of drug-likeness (QED) is 0.831. The van der Waals surface area contributed by atoms with E-state index in [9.17, 15) is 14.0 Å². The number of carbonyl (C=O) groups excluding carboxylic acids is 1. The van der Waals surface area contributed by atoms with Crippen LogP contribution in [0.15, 0.2) is 35.7 Å². The first-order chi connectivity index (χ1) is 8.49. The van der Waals surface area contributed by atoms with Crippen molar-refractivity contribution in [3.8, 4) is 0 Å². The maximum absolute atomic E-state index is 12.7. The monoisotopic (exact) mass is 250 g/mol. The van der Waals surface area contributed by atoms with Crippen LogP contribution >= 0.6 is 0 Å². The first-order valence-corrected chi connectivity index (χ1v) is 5.25. The molecule has 0 radical (unpaired) electrons. The molecule has 1 aromatic carbocycles. The number of hydrogen-bond acceptors (Lipinski definition) is 3. The highest BCUT2D eigenvalue weighted by Crippen LogP contribution is 2.23. The Labute approximate surface area is 102 Å². The molecule has 0 fully saturated rings. The van der Waals surface area contributed by atoms with E-state index in [1.54, 1.807) is 0 Å². The van der Waals surface area contributed by atoms with E-state index >= 15 is 0 Å². The van der Waals surface area contributed by atoms with Gasteiger partial charge in [-0.05, 0) is 17.7 Å². The number of carboxylic acids is 1. The molecule has 0 atom stereocenters. The van der Waals surface area contributed by atoms with Gasteiger partial charge in [0.2, 0.25) is 5.91 Å². The molecule has 0 saturated heterocycles. The number of hydrogen-bond donors (Lipinski definition) is 2. The number of halogens is 1. The second-order valence-corrected chi connectivity index (χ2v) is 3.95. The third kappa shape index (κ3) is 2.17. The summed E-state index contributed by atoms with van der Waals surface area (Å²) in [7, 11) is 0. The predicted octanol–water partition coefficient (Wildman–Crippen LogP) is 0.813. The average Bonchev–Trinajstić information content (AvgIpc) is 2.60. The third-order valence-corrected chi connectivity index (χ3v) is 2.74. The summed E-state index contributed by atoms with van der Waals surface area (Å²) in [6, 6.07) is 5.59. The van der Waals surface area contributed by atoms with Crippen LogP contribution in [0.3, 0.4) is 0 Å². The second kappa shape index (κ2) is 4.48. The molecule has 0 aromatic heterocycles. The van der Waals surface area contributed by atoms with Crippen molar-refractivity contribution in [2.75, 3.05) is 0 Å². The van der Waals surface area contributed by atoms with E-state index in [0.29, 0.717) is 5.56 Å². The van der Waals surface area contributed by atoms with E-state index in [0.717, 1.165) is 0 Å². The molecule has 0 unspecified atom stereocenters. The number of benzene rings is 1. The largest absolute Gasteiger partial charge is 0.478 e. The van der Waals surface area contributed by atoms with Gasteiger partial charge in [-0.2, -0.15) is 0 Å². The lowest BCUT2D eigenvalue weighted by Crippen LogP contribution is -2.28. The lowest BCUT2D eigenvalue weighted by molar-refractivity contribution is -0.134. The lowest BCUT2D eigenvalue weighted by Gasteiger charge is -2.17. The molecule has 0 spiro atoms. The number of rotatable bonds is 3. The van der Waals surface area contributed by atoms with Gasteiger partial charge in [0, 0.05) is 0 Å². The maximum atomic E-state index is 12.7. The molecule has 0 bridgehead atoms. The van der Waals surface area contributed by atoms with Gasteiger partial charge in [-0.3, -0.25) is 9.69 Å². The zero-order valence-corrected chi connectivity index (χ0v) is 9.39. The lowest BCUT2D eigenvalue weighted by atomic mass is 10.2. The maximum Gasteiger partial charge on any atom is 0.335 e. The number of nitrogens with zero attached hydrogens (tertiary/aromatic N) is 1. The fraction of sp³-hybridized carbons (Fsp3) is 0.167. The number of carboxylic acid groups (broad SMARTS) is 1. The highest BCUT2D eigenvalue weighted by Gasteiger charge is 2.31. The van der Waals surface area contributed by atoms with Crippen molar-refractivity contribution in [2.45, 2.75) is 13.0 Å². The highest BCUT2D eigenvalue weighted by atomic mass is 19.1. The number of aliphatic carboxylic acids is 1. The molecular weight excluding hydrogens is 239 g/mol. The fourth-order valence-electron chi connectivity index (χ4n) is 1.77.